The van der Waals surface area contributed by atoms with E-state index in [-0.39, 0.29) is 6.10 Å². The number of ether oxygens (including phenoxy) is 1. The van der Waals surface area contributed by atoms with Crippen LogP contribution in [0, 0.1) is 5.92 Å². The molecule has 0 spiro atoms. The zero-order valence-electron chi connectivity index (χ0n) is 13.0. The summed E-state index contributed by atoms with van der Waals surface area (Å²) in [5.41, 5.74) is 0. The van der Waals surface area contributed by atoms with Gasteiger partial charge in [0, 0.05) is 19.1 Å². The van der Waals surface area contributed by atoms with Gasteiger partial charge in [-0.2, -0.15) is 0 Å². The van der Waals surface area contributed by atoms with E-state index in [0.29, 0.717) is 19.1 Å². The lowest BCUT2D eigenvalue weighted by Gasteiger charge is -2.32. The zero-order chi connectivity index (χ0) is 14.1. The van der Waals surface area contributed by atoms with E-state index >= 15 is 0 Å². The van der Waals surface area contributed by atoms with Crippen LogP contribution in [0.3, 0.4) is 0 Å². The summed E-state index contributed by atoms with van der Waals surface area (Å²) in [6, 6.07) is 0. The molecular weight excluding hydrogens is 240 g/mol. The minimum atomic E-state index is -0.175. The molecule has 19 heavy (non-hydrogen) atoms. The number of hydrogen-bond donors (Lipinski definition) is 1. The van der Waals surface area contributed by atoms with Crippen molar-refractivity contribution in [3.8, 4) is 0 Å². The Morgan fingerprint density at radius 1 is 1.05 bits per heavy atom. The Kier molecular flexibility index (Phi) is 8.62. The number of aliphatic hydroxyl groups excluding tert-OH is 1. The minimum Gasteiger partial charge on any atom is -0.393 e. The molecular formula is C15H32N2O2. The predicted molar refractivity (Wildman–Crippen MR) is 79.5 cm³/mol. The van der Waals surface area contributed by atoms with Crippen LogP contribution in [0.1, 0.15) is 33.6 Å². The maximum absolute atomic E-state index is 9.99. The first-order chi connectivity index (χ1) is 9.21. The van der Waals surface area contributed by atoms with Crippen LogP contribution in [0.5, 0.6) is 0 Å². The highest BCUT2D eigenvalue weighted by atomic mass is 16.5. The molecule has 0 bridgehead atoms. The molecule has 0 amide bonds. The maximum atomic E-state index is 9.99. The average Bonchev–Trinajstić information content (AvgIpc) is 2.44. The molecule has 4 nitrogen and oxygen atoms in total. The van der Waals surface area contributed by atoms with Gasteiger partial charge in [0.1, 0.15) is 0 Å². The second-order valence-corrected chi connectivity index (χ2v) is 5.46. The first-order valence-electron chi connectivity index (χ1n) is 7.91. The predicted octanol–water partition coefficient (Wildman–Crippen LogP) is 1.44. The number of aliphatic hydroxyl groups is 1. The van der Waals surface area contributed by atoms with Gasteiger partial charge in [0.2, 0.25) is 0 Å². The zero-order valence-corrected chi connectivity index (χ0v) is 13.0. The highest BCUT2D eigenvalue weighted by Crippen LogP contribution is 2.16. The van der Waals surface area contributed by atoms with Crippen molar-refractivity contribution >= 4 is 0 Å². The largest absolute Gasteiger partial charge is 0.393 e. The Morgan fingerprint density at radius 2 is 1.68 bits per heavy atom. The molecule has 1 N–H and O–H groups in total. The molecule has 1 rings (SSSR count). The van der Waals surface area contributed by atoms with Gasteiger partial charge in [-0.3, -0.25) is 0 Å². The Morgan fingerprint density at radius 3 is 2.26 bits per heavy atom. The van der Waals surface area contributed by atoms with E-state index in [4.69, 9.17) is 4.74 Å². The molecule has 0 aromatic carbocycles. The smallest absolute Gasteiger partial charge is 0.0624 e. The fraction of sp³-hybridized carbons (Fsp3) is 1.00. The van der Waals surface area contributed by atoms with Crippen molar-refractivity contribution in [1.82, 2.24) is 9.80 Å². The first-order valence-corrected chi connectivity index (χ1v) is 7.91. The molecule has 2 atom stereocenters. The molecule has 4 heteroatoms. The van der Waals surface area contributed by atoms with Crippen LogP contribution in [-0.2, 0) is 4.74 Å². The molecule has 0 aromatic rings. The first kappa shape index (κ1) is 16.9. The van der Waals surface area contributed by atoms with E-state index in [9.17, 15) is 5.11 Å². The lowest BCUT2D eigenvalue weighted by molar-refractivity contribution is -0.0463. The highest BCUT2D eigenvalue weighted by Gasteiger charge is 2.25. The van der Waals surface area contributed by atoms with Crippen molar-refractivity contribution in [2.24, 2.45) is 5.92 Å². The summed E-state index contributed by atoms with van der Waals surface area (Å²) >= 11 is 0. The quantitative estimate of drug-likeness (QED) is 0.689. The summed E-state index contributed by atoms with van der Waals surface area (Å²) in [6.45, 7) is 14.7. The van der Waals surface area contributed by atoms with Gasteiger partial charge in [0.05, 0.1) is 12.7 Å². The third-order valence-electron chi connectivity index (χ3n) is 4.22. The number of hydrogen-bond acceptors (Lipinski definition) is 4. The lowest BCUT2D eigenvalue weighted by Crippen LogP contribution is -2.41. The van der Waals surface area contributed by atoms with Gasteiger partial charge in [0.15, 0.2) is 0 Å². The molecule has 0 radical (unpaired) electrons. The summed E-state index contributed by atoms with van der Waals surface area (Å²) in [5, 5.41) is 9.99. The van der Waals surface area contributed by atoms with Crippen molar-refractivity contribution in [3.63, 3.8) is 0 Å². The van der Waals surface area contributed by atoms with Crippen molar-refractivity contribution in [1.29, 1.82) is 0 Å². The Balaban J connectivity index is 2.24. The monoisotopic (exact) mass is 272 g/mol. The molecule has 1 aliphatic heterocycles. The fourth-order valence-corrected chi connectivity index (χ4v) is 2.73. The van der Waals surface area contributed by atoms with Crippen LogP contribution in [0.25, 0.3) is 0 Å². The van der Waals surface area contributed by atoms with Crippen LogP contribution in [0.15, 0.2) is 0 Å². The van der Waals surface area contributed by atoms with E-state index in [1.54, 1.807) is 0 Å². The van der Waals surface area contributed by atoms with Crippen LogP contribution < -0.4 is 0 Å². The maximum Gasteiger partial charge on any atom is 0.0624 e. The molecule has 2 unspecified atom stereocenters. The van der Waals surface area contributed by atoms with Crippen molar-refractivity contribution in [2.75, 3.05) is 52.5 Å². The molecule has 1 heterocycles. The van der Waals surface area contributed by atoms with Crippen LogP contribution in [-0.4, -0.2) is 73.5 Å². The molecule has 0 saturated carbocycles. The van der Waals surface area contributed by atoms with Gasteiger partial charge in [-0.25, -0.2) is 0 Å². The van der Waals surface area contributed by atoms with E-state index in [1.165, 1.54) is 13.0 Å². The Labute approximate surface area is 118 Å². The fourth-order valence-electron chi connectivity index (χ4n) is 2.73. The van der Waals surface area contributed by atoms with Crippen LogP contribution in [0.2, 0.25) is 0 Å². The second-order valence-electron chi connectivity index (χ2n) is 5.46. The summed E-state index contributed by atoms with van der Waals surface area (Å²) in [6.07, 6.45) is 1.83. The second kappa shape index (κ2) is 9.70. The standard InChI is InChI=1S/C15H32N2O2/c1-4-16(5-2)9-7-10-17(6-3)12-14-13-19-11-8-15(14)18/h14-15,18H,4-13H2,1-3H3. The number of rotatable bonds is 9. The van der Waals surface area contributed by atoms with Crippen molar-refractivity contribution < 1.29 is 9.84 Å². The van der Waals surface area contributed by atoms with Gasteiger partial charge >= 0.3 is 0 Å². The molecule has 0 aromatic heterocycles. The van der Waals surface area contributed by atoms with Crippen molar-refractivity contribution in [2.45, 2.75) is 39.7 Å². The van der Waals surface area contributed by atoms with E-state index in [2.05, 4.69) is 30.6 Å². The van der Waals surface area contributed by atoms with E-state index < -0.39 is 0 Å². The third-order valence-corrected chi connectivity index (χ3v) is 4.22. The molecule has 1 saturated heterocycles. The highest BCUT2D eigenvalue weighted by molar-refractivity contribution is 4.76. The van der Waals surface area contributed by atoms with Crippen LogP contribution in [0.4, 0.5) is 0 Å². The summed E-state index contributed by atoms with van der Waals surface area (Å²) in [5.74, 6) is 0.294. The minimum absolute atomic E-state index is 0.175. The topological polar surface area (TPSA) is 35.9 Å². The lowest BCUT2D eigenvalue weighted by atomic mass is 9.98. The van der Waals surface area contributed by atoms with Gasteiger partial charge in [-0.05, 0) is 45.6 Å². The summed E-state index contributed by atoms with van der Waals surface area (Å²) in [4.78, 5) is 4.92. The third kappa shape index (κ3) is 6.21. The van der Waals surface area contributed by atoms with Gasteiger partial charge in [-0.1, -0.05) is 20.8 Å². The Hall–Kier alpha value is -0.160. The molecule has 1 fully saturated rings. The summed E-state index contributed by atoms with van der Waals surface area (Å²) < 4.78 is 5.48. The van der Waals surface area contributed by atoms with Gasteiger partial charge in [0.25, 0.3) is 0 Å². The SMILES string of the molecule is CCN(CC)CCCN(CC)CC1COCCC1O. The van der Waals surface area contributed by atoms with E-state index in [1.807, 2.05) is 0 Å². The normalized spacial score (nSPS) is 24.3. The average molecular weight is 272 g/mol. The van der Waals surface area contributed by atoms with Crippen molar-refractivity contribution in [3.05, 3.63) is 0 Å². The summed E-state index contributed by atoms with van der Waals surface area (Å²) in [7, 11) is 0. The van der Waals surface area contributed by atoms with Crippen LogP contribution >= 0.6 is 0 Å². The van der Waals surface area contributed by atoms with Gasteiger partial charge in [-0.15, -0.1) is 0 Å². The van der Waals surface area contributed by atoms with E-state index in [0.717, 1.165) is 39.1 Å². The molecule has 114 valence electrons. The molecule has 0 aliphatic carbocycles. The Bertz CT molecular complexity index is 222. The van der Waals surface area contributed by atoms with Gasteiger partial charge < -0.3 is 19.6 Å². The molecule has 1 aliphatic rings. The number of nitrogens with zero attached hydrogens (tertiary/aromatic N) is 2.